The lowest BCUT2D eigenvalue weighted by Gasteiger charge is -2.13. The number of hydrogen-bond acceptors (Lipinski definition) is 2. The lowest BCUT2D eigenvalue weighted by atomic mass is 10.0. The number of nitriles is 1. The summed E-state index contributed by atoms with van der Waals surface area (Å²) in [5.74, 6) is 0.482. The van der Waals surface area contributed by atoms with Gasteiger partial charge in [0.2, 0.25) is 0 Å². The molecule has 0 aliphatic rings. The zero-order chi connectivity index (χ0) is 14.5. The van der Waals surface area contributed by atoms with Gasteiger partial charge in [-0.05, 0) is 30.0 Å². The van der Waals surface area contributed by atoms with E-state index < -0.39 is 0 Å². The van der Waals surface area contributed by atoms with Gasteiger partial charge in [0.1, 0.15) is 11.8 Å². The van der Waals surface area contributed by atoms with E-state index in [9.17, 15) is 0 Å². The van der Waals surface area contributed by atoms with Gasteiger partial charge in [-0.2, -0.15) is 5.26 Å². The van der Waals surface area contributed by atoms with Crippen LogP contribution in [0, 0.1) is 18.3 Å². The Morgan fingerprint density at radius 2 is 2.00 bits per heavy atom. The van der Waals surface area contributed by atoms with Crippen molar-refractivity contribution in [1.82, 2.24) is 9.88 Å². The fourth-order valence-corrected chi connectivity index (χ4v) is 2.37. The molecule has 0 bridgehead atoms. The number of nitrogens with one attached hydrogen (secondary N) is 1. The maximum absolute atomic E-state index is 9.03. The predicted octanol–water partition coefficient (Wildman–Crippen LogP) is 3.10. The number of aromatic nitrogens is 1. The molecule has 1 atom stereocenters. The number of hydrogen-bond donors (Lipinski definition) is 1. The Balaban J connectivity index is 1.92. The van der Waals surface area contributed by atoms with Gasteiger partial charge in [-0.25, -0.2) is 0 Å². The highest BCUT2D eigenvalue weighted by atomic mass is 15.0. The van der Waals surface area contributed by atoms with Crippen molar-refractivity contribution in [3.63, 3.8) is 0 Å². The molecule has 1 aromatic heterocycles. The summed E-state index contributed by atoms with van der Waals surface area (Å²) in [5.41, 5.74) is 4.42. The van der Waals surface area contributed by atoms with Gasteiger partial charge in [-0.1, -0.05) is 37.3 Å². The second-order valence-electron chi connectivity index (χ2n) is 5.25. The maximum Gasteiger partial charge on any atom is 0.120 e. The fraction of sp³-hybridized carbons (Fsp3) is 0.353. The molecule has 3 heteroatoms. The van der Waals surface area contributed by atoms with E-state index in [2.05, 4.69) is 49.5 Å². The van der Waals surface area contributed by atoms with Crippen LogP contribution in [0.2, 0.25) is 0 Å². The molecule has 1 heterocycles. The average Bonchev–Trinajstić information content (AvgIpc) is 2.76. The van der Waals surface area contributed by atoms with Gasteiger partial charge in [0.15, 0.2) is 0 Å². The van der Waals surface area contributed by atoms with E-state index in [1.54, 1.807) is 0 Å². The van der Waals surface area contributed by atoms with Crippen LogP contribution in [-0.4, -0.2) is 11.1 Å². The molecule has 0 fully saturated rings. The standard InChI is InChI=1S/C17H21N3/c1-13(15-7-5-4-6-8-15)11-19-12-16-9-17(10-18)20(3)14(16)2/h4-9,13,19H,11-12H2,1-3H3. The SMILES string of the molecule is Cc1c(CNCC(C)c2ccccc2)cc(C#N)n1C. The zero-order valence-corrected chi connectivity index (χ0v) is 12.4. The summed E-state index contributed by atoms with van der Waals surface area (Å²) in [6.45, 7) is 6.01. The van der Waals surface area contributed by atoms with Crippen molar-refractivity contribution in [3.05, 3.63) is 58.9 Å². The van der Waals surface area contributed by atoms with Crippen LogP contribution < -0.4 is 5.32 Å². The van der Waals surface area contributed by atoms with Crippen LogP contribution in [0.15, 0.2) is 36.4 Å². The van der Waals surface area contributed by atoms with Crippen LogP contribution in [0.25, 0.3) is 0 Å². The first-order valence-corrected chi connectivity index (χ1v) is 6.94. The fourth-order valence-electron chi connectivity index (χ4n) is 2.37. The third-order valence-electron chi connectivity index (χ3n) is 3.89. The predicted molar refractivity (Wildman–Crippen MR) is 81.4 cm³/mol. The van der Waals surface area contributed by atoms with E-state index in [4.69, 9.17) is 5.26 Å². The first-order chi connectivity index (χ1) is 9.63. The van der Waals surface area contributed by atoms with E-state index >= 15 is 0 Å². The van der Waals surface area contributed by atoms with Crippen molar-refractivity contribution >= 4 is 0 Å². The van der Waals surface area contributed by atoms with Gasteiger partial charge >= 0.3 is 0 Å². The van der Waals surface area contributed by atoms with Gasteiger partial charge in [-0.15, -0.1) is 0 Å². The van der Waals surface area contributed by atoms with Crippen molar-refractivity contribution in [2.24, 2.45) is 7.05 Å². The second-order valence-corrected chi connectivity index (χ2v) is 5.25. The van der Waals surface area contributed by atoms with Crippen LogP contribution in [0.4, 0.5) is 0 Å². The first-order valence-electron chi connectivity index (χ1n) is 6.94. The van der Waals surface area contributed by atoms with Crippen LogP contribution >= 0.6 is 0 Å². The van der Waals surface area contributed by atoms with Crippen molar-refractivity contribution in [3.8, 4) is 6.07 Å². The minimum Gasteiger partial charge on any atom is -0.340 e. The van der Waals surface area contributed by atoms with E-state index in [0.717, 1.165) is 24.5 Å². The van der Waals surface area contributed by atoms with Gasteiger partial charge < -0.3 is 9.88 Å². The molecule has 0 radical (unpaired) electrons. The molecule has 0 saturated heterocycles. The van der Waals surface area contributed by atoms with Gasteiger partial charge in [0, 0.05) is 25.8 Å². The minimum atomic E-state index is 0.482. The lowest BCUT2D eigenvalue weighted by Crippen LogP contribution is -2.19. The largest absolute Gasteiger partial charge is 0.340 e. The average molecular weight is 267 g/mol. The van der Waals surface area contributed by atoms with Crippen molar-refractivity contribution in [1.29, 1.82) is 5.26 Å². The molecular formula is C17H21N3. The molecule has 0 spiro atoms. The summed E-state index contributed by atoms with van der Waals surface area (Å²) in [5, 5.41) is 12.5. The van der Waals surface area contributed by atoms with E-state index in [-0.39, 0.29) is 0 Å². The molecule has 1 aromatic carbocycles. The molecule has 104 valence electrons. The van der Waals surface area contributed by atoms with E-state index in [1.165, 1.54) is 11.1 Å². The molecule has 1 N–H and O–H groups in total. The van der Waals surface area contributed by atoms with Crippen molar-refractivity contribution in [2.75, 3.05) is 6.54 Å². The molecule has 2 rings (SSSR count). The number of rotatable bonds is 5. The number of nitrogens with zero attached hydrogens (tertiary/aromatic N) is 2. The van der Waals surface area contributed by atoms with Gasteiger partial charge in [0.05, 0.1) is 0 Å². The van der Waals surface area contributed by atoms with Crippen LogP contribution in [-0.2, 0) is 13.6 Å². The van der Waals surface area contributed by atoms with E-state index in [0.29, 0.717) is 5.92 Å². The Bertz CT molecular complexity index is 605. The molecule has 0 aliphatic heterocycles. The highest BCUT2D eigenvalue weighted by Gasteiger charge is 2.09. The van der Waals surface area contributed by atoms with E-state index in [1.807, 2.05) is 23.7 Å². The summed E-state index contributed by atoms with van der Waals surface area (Å²) >= 11 is 0. The Morgan fingerprint density at radius 3 is 2.60 bits per heavy atom. The molecule has 20 heavy (non-hydrogen) atoms. The maximum atomic E-state index is 9.03. The summed E-state index contributed by atoms with van der Waals surface area (Å²) in [7, 11) is 1.93. The summed E-state index contributed by atoms with van der Waals surface area (Å²) < 4.78 is 1.94. The van der Waals surface area contributed by atoms with Crippen LogP contribution in [0.3, 0.4) is 0 Å². The van der Waals surface area contributed by atoms with Gasteiger partial charge in [-0.3, -0.25) is 0 Å². The Kier molecular flexibility index (Phi) is 4.60. The first kappa shape index (κ1) is 14.4. The van der Waals surface area contributed by atoms with Crippen molar-refractivity contribution < 1.29 is 0 Å². The third-order valence-corrected chi connectivity index (χ3v) is 3.89. The Hall–Kier alpha value is -2.05. The summed E-state index contributed by atoms with van der Waals surface area (Å²) in [6.07, 6.45) is 0. The monoisotopic (exact) mass is 267 g/mol. The molecule has 2 aromatic rings. The molecule has 3 nitrogen and oxygen atoms in total. The molecule has 0 saturated carbocycles. The molecular weight excluding hydrogens is 246 g/mol. The highest BCUT2D eigenvalue weighted by Crippen LogP contribution is 2.15. The van der Waals surface area contributed by atoms with Crippen LogP contribution in [0.1, 0.15) is 35.4 Å². The minimum absolute atomic E-state index is 0.482. The topological polar surface area (TPSA) is 40.8 Å². The second kappa shape index (κ2) is 6.40. The molecule has 0 aliphatic carbocycles. The van der Waals surface area contributed by atoms with Crippen molar-refractivity contribution in [2.45, 2.75) is 26.3 Å². The van der Waals surface area contributed by atoms with Crippen LogP contribution in [0.5, 0.6) is 0 Å². The normalized spacial score (nSPS) is 12.1. The molecule has 1 unspecified atom stereocenters. The Morgan fingerprint density at radius 1 is 1.30 bits per heavy atom. The summed E-state index contributed by atoms with van der Waals surface area (Å²) in [6, 6.07) is 14.7. The third kappa shape index (κ3) is 3.09. The smallest absolute Gasteiger partial charge is 0.120 e. The number of benzene rings is 1. The Labute approximate surface area is 120 Å². The highest BCUT2D eigenvalue weighted by molar-refractivity contribution is 5.34. The zero-order valence-electron chi connectivity index (χ0n) is 12.4. The molecule has 0 amide bonds. The quantitative estimate of drug-likeness (QED) is 0.904. The van der Waals surface area contributed by atoms with Gasteiger partial charge in [0.25, 0.3) is 0 Å². The lowest BCUT2D eigenvalue weighted by molar-refractivity contribution is 0.613. The summed E-state index contributed by atoms with van der Waals surface area (Å²) in [4.78, 5) is 0.